The van der Waals surface area contributed by atoms with E-state index in [4.69, 9.17) is 14.2 Å². The smallest absolute Gasteiger partial charge is 0.269 e. The number of rotatable bonds is 5. The number of ether oxygens (including phenoxy) is 3. The minimum Gasteiger partial charge on any atom is -0.487 e. The summed E-state index contributed by atoms with van der Waals surface area (Å²) in [7, 11) is 1.64. The number of methoxy groups -OCH3 is 1. The van der Waals surface area contributed by atoms with Crippen LogP contribution in [0.4, 0.5) is 0 Å². The molecule has 6 nitrogen and oxygen atoms in total. The average molecular weight is 308 g/mol. The predicted molar refractivity (Wildman–Crippen MR) is 82.1 cm³/mol. The van der Waals surface area contributed by atoms with Crippen molar-refractivity contribution in [1.82, 2.24) is 10.3 Å². The molecular weight excluding hydrogens is 284 g/mol. The van der Waals surface area contributed by atoms with E-state index in [0.717, 1.165) is 6.42 Å². The monoisotopic (exact) mass is 308 g/mol. The van der Waals surface area contributed by atoms with E-state index in [0.29, 0.717) is 31.2 Å². The maximum atomic E-state index is 12.1. The number of aromatic nitrogens is 1. The molecule has 0 spiro atoms. The highest BCUT2D eigenvalue weighted by atomic mass is 16.5. The van der Waals surface area contributed by atoms with Gasteiger partial charge >= 0.3 is 0 Å². The Morgan fingerprint density at radius 2 is 2.23 bits per heavy atom. The van der Waals surface area contributed by atoms with E-state index in [1.807, 2.05) is 20.8 Å². The van der Waals surface area contributed by atoms with Gasteiger partial charge in [0.05, 0.1) is 12.8 Å². The normalized spacial score (nSPS) is 21.6. The molecule has 1 aromatic heterocycles. The molecule has 6 heteroatoms. The van der Waals surface area contributed by atoms with Gasteiger partial charge in [-0.3, -0.25) is 4.79 Å². The van der Waals surface area contributed by atoms with E-state index in [1.54, 1.807) is 25.4 Å². The second kappa shape index (κ2) is 6.62. The molecule has 1 aliphatic rings. The molecule has 0 unspecified atom stereocenters. The van der Waals surface area contributed by atoms with Gasteiger partial charge in [-0.2, -0.15) is 0 Å². The molecule has 0 radical (unpaired) electrons. The second-order valence-electron chi connectivity index (χ2n) is 6.47. The molecule has 122 valence electrons. The molecular formula is C16H24N2O4. The lowest BCUT2D eigenvalue weighted by atomic mass is 10.0. The Kier molecular flexibility index (Phi) is 5.03. The Morgan fingerprint density at radius 1 is 1.45 bits per heavy atom. The van der Waals surface area contributed by atoms with Crippen molar-refractivity contribution < 1.29 is 19.0 Å². The van der Waals surface area contributed by atoms with Gasteiger partial charge in [0.2, 0.25) is 0 Å². The average Bonchev–Trinajstić information content (AvgIpc) is 2.93. The van der Waals surface area contributed by atoms with Crippen LogP contribution in [0.2, 0.25) is 0 Å². The third-order valence-corrected chi connectivity index (χ3v) is 3.46. The van der Waals surface area contributed by atoms with Crippen molar-refractivity contribution in [3.63, 3.8) is 0 Å². The number of hydrogen-bond acceptors (Lipinski definition) is 5. The van der Waals surface area contributed by atoms with Crippen molar-refractivity contribution in [3.05, 3.63) is 24.0 Å². The Labute approximate surface area is 131 Å². The SMILES string of the molecule is CO[C@@]1(CNC(=O)c2ccc(OC(C)(C)C)cn2)CCOC1. The molecule has 2 heterocycles. The van der Waals surface area contributed by atoms with Crippen LogP contribution in [-0.2, 0) is 9.47 Å². The summed E-state index contributed by atoms with van der Waals surface area (Å²) in [5, 5.41) is 2.85. The number of hydrogen-bond donors (Lipinski definition) is 1. The third-order valence-electron chi connectivity index (χ3n) is 3.46. The van der Waals surface area contributed by atoms with E-state index >= 15 is 0 Å². The summed E-state index contributed by atoms with van der Waals surface area (Å²) in [6.45, 7) is 7.44. The number of nitrogens with zero attached hydrogens (tertiary/aromatic N) is 1. The van der Waals surface area contributed by atoms with Crippen LogP contribution in [0.3, 0.4) is 0 Å². The molecule has 1 saturated heterocycles. The van der Waals surface area contributed by atoms with Crippen molar-refractivity contribution in [3.8, 4) is 5.75 Å². The molecule has 2 rings (SSSR count). The fraction of sp³-hybridized carbons (Fsp3) is 0.625. The highest BCUT2D eigenvalue weighted by Gasteiger charge is 2.35. The molecule has 1 fully saturated rings. The van der Waals surface area contributed by atoms with Crippen LogP contribution < -0.4 is 10.1 Å². The first-order chi connectivity index (χ1) is 10.3. The van der Waals surface area contributed by atoms with E-state index in [-0.39, 0.29) is 11.5 Å². The van der Waals surface area contributed by atoms with Crippen LogP contribution in [0.25, 0.3) is 0 Å². The van der Waals surface area contributed by atoms with Gasteiger partial charge < -0.3 is 19.5 Å². The zero-order valence-electron chi connectivity index (χ0n) is 13.6. The Balaban J connectivity index is 1.92. The molecule has 0 saturated carbocycles. The summed E-state index contributed by atoms with van der Waals surface area (Å²) in [5.41, 5.74) is -0.365. The highest BCUT2D eigenvalue weighted by molar-refractivity contribution is 5.92. The van der Waals surface area contributed by atoms with Gasteiger partial charge in [-0.15, -0.1) is 0 Å². The molecule has 1 N–H and O–H groups in total. The number of nitrogens with one attached hydrogen (secondary N) is 1. The number of amides is 1. The molecule has 0 bridgehead atoms. The minimum absolute atomic E-state index is 0.231. The molecule has 0 aliphatic carbocycles. The zero-order valence-corrected chi connectivity index (χ0v) is 13.6. The maximum absolute atomic E-state index is 12.1. The number of carbonyl (C=O) groups excluding carboxylic acids is 1. The summed E-state index contributed by atoms with van der Waals surface area (Å²) < 4.78 is 16.5. The Morgan fingerprint density at radius 3 is 2.73 bits per heavy atom. The van der Waals surface area contributed by atoms with Crippen molar-refractivity contribution in [2.45, 2.75) is 38.4 Å². The van der Waals surface area contributed by atoms with Crippen LogP contribution in [-0.4, -0.2) is 49.0 Å². The minimum atomic E-state index is -0.426. The van der Waals surface area contributed by atoms with Gasteiger partial charge in [0.15, 0.2) is 0 Å². The number of carbonyl (C=O) groups is 1. The van der Waals surface area contributed by atoms with Gasteiger partial charge in [-0.05, 0) is 32.9 Å². The van der Waals surface area contributed by atoms with Gasteiger partial charge in [0, 0.05) is 26.7 Å². The first kappa shape index (κ1) is 16.7. The fourth-order valence-corrected chi connectivity index (χ4v) is 2.22. The fourth-order valence-electron chi connectivity index (χ4n) is 2.22. The van der Waals surface area contributed by atoms with E-state index in [9.17, 15) is 4.79 Å². The molecule has 1 amide bonds. The largest absolute Gasteiger partial charge is 0.487 e. The summed E-state index contributed by atoms with van der Waals surface area (Å²) in [6, 6.07) is 3.40. The second-order valence-corrected chi connectivity index (χ2v) is 6.47. The zero-order chi connectivity index (χ0) is 16.2. The standard InChI is InChI=1S/C16H24N2O4/c1-15(2,3)22-12-5-6-13(17-9-12)14(19)18-10-16(20-4)7-8-21-11-16/h5-6,9H,7-8,10-11H2,1-4H3,(H,18,19)/t16-/m1/s1. The van der Waals surface area contributed by atoms with E-state index in [2.05, 4.69) is 10.3 Å². The van der Waals surface area contributed by atoms with Gasteiger partial charge in [-0.25, -0.2) is 4.98 Å². The summed E-state index contributed by atoms with van der Waals surface area (Å²) >= 11 is 0. The highest BCUT2D eigenvalue weighted by Crippen LogP contribution is 2.21. The van der Waals surface area contributed by atoms with Crippen LogP contribution in [0.1, 0.15) is 37.7 Å². The molecule has 22 heavy (non-hydrogen) atoms. The van der Waals surface area contributed by atoms with Crippen molar-refractivity contribution in [2.24, 2.45) is 0 Å². The predicted octanol–water partition coefficient (Wildman–Crippen LogP) is 1.79. The maximum Gasteiger partial charge on any atom is 0.269 e. The third kappa shape index (κ3) is 4.42. The van der Waals surface area contributed by atoms with Crippen LogP contribution in [0, 0.1) is 0 Å². The molecule has 1 aliphatic heterocycles. The van der Waals surface area contributed by atoms with E-state index in [1.165, 1.54) is 0 Å². The molecule has 1 aromatic rings. The van der Waals surface area contributed by atoms with Crippen LogP contribution in [0.15, 0.2) is 18.3 Å². The summed E-state index contributed by atoms with van der Waals surface area (Å²) in [4.78, 5) is 16.3. The number of pyridine rings is 1. The molecule has 0 aromatic carbocycles. The van der Waals surface area contributed by atoms with Gasteiger partial charge in [-0.1, -0.05) is 0 Å². The van der Waals surface area contributed by atoms with Gasteiger partial charge in [0.1, 0.15) is 22.6 Å². The van der Waals surface area contributed by atoms with Crippen LogP contribution in [0.5, 0.6) is 5.75 Å². The lowest BCUT2D eigenvalue weighted by Gasteiger charge is -2.25. The summed E-state index contributed by atoms with van der Waals surface area (Å²) in [5.74, 6) is 0.409. The van der Waals surface area contributed by atoms with Crippen LogP contribution >= 0.6 is 0 Å². The molecule has 1 atom stereocenters. The summed E-state index contributed by atoms with van der Waals surface area (Å²) in [6.07, 6.45) is 2.33. The quantitative estimate of drug-likeness (QED) is 0.898. The lowest BCUT2D eigenvalue weighted by Crippen LogP contribution is -2.45. The van der Waals surface area contributed by atoms with Crippen molar-refractivity contribution in [1.29, 1.82) is 0 Å². The van der Waals surface area contributed by atoms with Crippen molar-refractivity contribution >= 4 is 5.91 Å². The Hall–Kier alpha value is -1.66. The Bertz CT molecular complexity index is 502. The topological polar surface area (TPSA) is 69.7 Å². The lowest BCUT2D eigenvalue weighted by molar-refractivity contribution is -0.0149. The van der Waals surface area contributed by atoms with Gasteiger partial charge in [0.25, 0.3) is 5.91 Å². The first-order valence-corrected chi connectivity index (χ1v) is 7.40. The van der Waals surface area contributed by atoms with E-state index < -0.39 is 5.60 Å². The van der Waals surface area contributed by atoms with Crippen molar-refractivity contribution in [2.75, 3.05) is 26.9 Å². The first-order valence-electron chi connectivity index (χ1n) is 7.40.